The monoisotopic (exact) mass is 348 g/mol. The van der Waals surface area contributed by atoms with Crippen molar-refractivity contribution >= 4 is 10.0 Å². The molecule has 2 heterocycles. The molecule has 0 amide bonds. The van der Waals surface area contributed by atoms with Gasteiger partial charge >= 0.3 is 0 Å². The minimum atomic E-state index is -4.21. The lowest BCUT2D eigenvalue weighted by molar-refractivity contribution is 0.0563. The van der Waals surface area contributed by atoms with Gasteiger partial charge in [0.05, 0.1) is 0 Å². The number of piperidine rings is 1. The predicted molar refractivity (Wildman–Crippen MR) is 78.9 cm³/mol. The fraction of sp³-hybridized carbons (Fsp3) is 0.600. The summed E-state index contributed by atoms with van der Waals surface area (Å²) in [6.45, 7) is 3.50. The van der Waals surface area contributed by atoms with Crippen molar-refractivity contribution in [2.24, 2.45) is 0 Å². The van der Waals surface area contributed by atoms with E-state index in [1.165, 1.54) is 4.31 Å². The number of hydrogen-bond donors (Lipinski definition) is 0. The topological polar surface area (TPSA) is 40.6 Å². The molecular weight excluding hydrogens is 329 g/mol. The standard InChI is InChI=1S/C15H19F3N2O2S/c1-10-8-19-5-3-2-4-11(19)9-20(10)23(21,22)15-7-13(17)12(16)6-14(15)18/h6-7,10-11H,2-5,8-9H2,1H3/t10-,11+/m1/s1. The number of hydrogen-bond acceptors (Lipinski definition) is 3. The van der Waals surface area contributed by atoms with Crippen molar-refractivity contribution in [3.05, 3.63) is 29.6 Å². The molecule has 0 bridgehead atoms. The van der Waals surface area contributed by atoms with Crippen molar-refractivity contribution in [3.8, 4) is 0 Å². The highest BCUT2D eigenvalue weighted by Crippen LogP contribution is 2.30. The summed E-state index contributed by atoms with van der Waals surface area (Å²) in [5, 5.41) is 0. The molecule has 23 heavy (non-hydrogen) atoms. The molecule has 2 saturated heterocycles. The molecular formula is C15H19F3N2O2S. The van der Waals surface area contributed by atoms with Gasteiger partial charge in [0.25, 0.3) is 0 Å². The van der Waals surface area contributed by atoms with Gasteiger partial charge in [0, 0.05) is 31.2 Å². The van der Waals surface area contributed by atoms with Crippen molar-refractivity contribution in [1.29, 1.82) is 0 Å². The number of piperazine rings is 1. The fourth-order valence-corrected chi connectivity index (χ4v) is 5.21. The lowest BCUT2D eigenvalue weighted by atomic mass is 9.99. The van der Waals surface area contributed by atoms with E-state index in [4.69, 9.17) is 0 Å². The minimum absolute atomic E-state index is 0.100. The first kappa shape index (κ1) is 16.7. The molecule has 2 fully saturated rings. The highest BCUT2D eigenvalue weighted by molar-refractivity contribution is 7.89. The van der Waals surface area contributed by atoms with Gasteiger partial charge in [0.15, 0.2) is 11.6 Å². The smallest absolute Gasteiger partial charge is 0.246 e. The third-order valence-corrected chi connectivity index (χ3v) is 6.69. The van der Waals surface area contributed by atoms with Crippen molar-refractivity contribution < 1.29 is 21.6 Å². The SMILES string of the molecule is C[C@@H]1CN2CCCC[C@H]2CN1S(=O)(=O)c1cc(F)c(F)cc1F. The van der Waals surface area contributed by atoms with Gasteiger partial charge < -0.3 is 0 Å². The first-order valence-corrected chi connectivity index (χ1v) is 9.15. The molecule has 0 unspecified atom stereocenters. The van der Waals surface area contributed by atoms with E-state index in [0.29, 0.717) is 12.6 Å². The molecule has 2 aliphatic rings. The third-order valence-electron chi connectivity index (χ3n) is 4.69. The van der Waals surface area contributed by atoms with Gasteiger partial charge in [0.2, 0.25) is 10.0 Å². The van der Waals surface area contributed by atoms with Crippen molar-refractivity contribution in [2.75, 3.05) is 19.6 Å². The Balaban J connectivity index is 1.94. The molecule has 128 valence electrons. The fourth-order valence-electron chi connectivity index (χ4n) is 3.49. The highest BCUT2D eigenvalue weighted by atomic mass is 32.2. The van der Waals surface area contributed by atoms with E-state index in [-0.39, 0.29) is 24.7 Å². The van der Waals surface area contributed by atoms with Crippen molar-refractivity contribution in [2.45, 2.75) is 43.2 Å². The lowest BCUT2D eigenvalue weighted by Crippen LogP contribution is -2.60. The maximum atomic E-state index is 13.9. The summed E-state index contributed by atoms with van der Waals surface area (Å²) in [4.78, 5) is 1.45. The Morgan fingerprint density at radius 3 is 2.48 bits per heavy atom. The minimum Gasteiger partial charge on any atom is -0.297 e. The normalized spacial score (nSPS) is 27.0. The van der Waals surface area contributed by atoms with Crippen molar-refractivity contribution in [3.63, 3.8) is 0 Å². The van der Waals surface area contributed by atoms with E-state index >= 15 is 0 Å². The largest absolute Gasteiger partial charge is 0.297 e. The van der Waals surface area contributed by atoms with Gasteiger partial charge in [0.1, 0.15) is 10.7 Å². The first-order chi connectivity index (χ1) is 10.8. The number of rotatable bonds is 2. The molecule has 0 aromatic heterocycles. The maximum absolute atomic E-state index is 13.9. The van der Waals surface area contributed by atoms with Crippen LogP contribution < -0.4 is 0 Å². The molecule has 8 heteroatoms. The molecule has 1 aromatic rings. The molecule has 2 aliphatic heterocycles. The van der Waals surface area contributed by atoms with E-state index in [1.54, 1.807) is 6.92 Å². The van der Waals surface area contributed by atoms with E-state index in [1.807, 2.05) is 0 Å². The Labute approximate surface area is 133 Å². The highest BCUT2D eigenvalue weighted by Gasteiger charge is 2.40. The summed E-state index contributed by atoms with van der Waals surface area (Å²) < 4.78 is 67.1. The summed E-state index contributed by atoms with van der Waals surface area (Å²) in [5.74, 6) is -4.03. The van der Waals surface area contributed by atoms with Crippen LogP contribution in [0.15, 0.2) is 17.0 Å². The van der Waals surface area contributed by atoms with Crippen LogP contribution in [0.1, 0.15) is 26.2 Å². The molecule has 2 atom stereocenters. The van der Waals surface area contributed by atoms with Crippen LogP contribution in [-0.4, -0.2) is 49.3 Å². The average Bonchev–Trinajstić information content (AvgIpc) is 2.50. The number of sulfonamides is 1. The van der Waals surface area contributed by atoms with Gasteiger partial charge in [-0.15, -0.1) is 0 Å². The molecule has 3 rings (SSSR count). The molecule has 0 saturated carbocycles. The van der Waals surface area contributed by atoms with Crippen LogP contribution in [-0.2, 0) is 10.0 Å². The molecule has 0 radical (unpaired) electrons. The third kappa shape index (κ3) is 2.99. The zero-order chi connectivity index (χ0) is 16.8. The summed E-state index contributed by atoms with van der Waals surface area (Å²) in [6, 6.07) is 0.467. The van der Waals surface area contributed by atoms with Gasteiger partial charge in [-0.2, -0.15) is 4.31 Å². The number of nitrogens with zero attached hydrogens (tertiary/aromatic N) is 2. The Morgan fingerprint density at radius 1 is 1.04 bits per heavy atom. The van der Waals surface area contributed by atoms with E-state index < -0.39 is 32.4 Å². The number of benzene rings is 1. The summed E-state index contributed by atoms with van der Waals surface area (Å²) in [5.41, 5.74) is 0. The molecule has 4 nitrogen and oxygen atoms in total. The van der Waals surface area contributed by atoms with E-state index in [9.17, 15) is 21.6 Å². The summed E-state index contributed by atoms with van der Waals surface area (Å²) in [6.07, 6.45) is 3.01. The van der Waals surface area contributed by atoms with Crippen LogP contribution in [0.3, 0.4) is 0 Å². The second kappa shape index (κ2) is 6.07. The zero-order valence-corrected chi connectivity index (χ0v) is 13.6. The van der Waals surface area contributed by atoms with Crippen LogP contribution in [0.2, 0.25) is 0 Å². The molecule has 0 N–H and O–H groups in total. The number of fused-ring (bicyclic) bond motifs is 1. The van der Waals surface area contributed by atoms with Crippen molar-refractivity contribution in [1.82, 2.24) is 9.21 Å². The second-order valence-corrected chi connectivity index (χ2v) is 8.12. The predicted octanol–water partition coefficient (Wildman–Crippen LogP) is 2.35. The first-order valence-electron chi connectivity index (χ1n) is 7.71. The quantitative estimate of drug-likeness (QED) is 0.771. The van der Waals surface area contributed by atoms with Gasteiger partial charge in [-0.1, -0.05) is 6.42 Å². The molecule has 0 aliphatic carbocycles. The molecule has 0 spiro atoms. The summed E-state index contributed by atoms with van der Waals surface area (Å²) >= 11 is 0. The average molecular weight is 348 g/mol. The van der Waals surface area contributed by atoms with E-state index in [0.717, 1.165) is 25.8 Å². The van der Waals surface area contributed by atoms with Gasteiger partial charge in [-0.05, 0) is 32.4 Å². The van der Waals surface area contributed by atoms with Crippen LogP contribution in [0.25, 0.3) is 0 Å². The Bertz CT molecular complexity index is 711. The van der Waals surface area contributed by atoms with E-state index in [2.05, 4.69) is 4.90 Å². The Kier molecular flexibility index (Phi) is 4.41. The second-order valence-electron chi connectivity index (χ2n) is 6.27. The van der Waals surface area contributed by atoms with Crippen LogP contribution in [0, 0.1) is 17.5 Å². The maximum Gasteiger partial charge on any atom is 0.246 e. The van der Waals surface area contributed by atoms with Crippen LogP contribution in [0.5, 0.6) is 0 Å². The van der Waals surface area contributed by atoms with Crippen LogP contribution >= 0.6 is 0 Å². The van der Waals surface area contributed by atoms with Crippen LogP contribution in [0.4, 0.5) is 13.2 Å². The lowest BCUT2D eigenvalue weighted by Gasteiger charge is -2.46. The number of halogens is 3. The summed E-state index contributed by atoms with van der Waals surface area (Å²) in [7, 11) is -4.21. The zero-order valence-electron chi connectivity index (χ0n) is 12.8. The Hall–Kier alpha value is -1.12. The van der Waals surface area contributed by atoms with Gasteiger partial charge in [-0.3, -0.25) is 4.90 Å². The van der Waals surface area contributed by atoms with Gasteiger partial charge in [-0.25, -0.2) is 21.6 Å². The molecule has 1 aromatic carbocycles. The Morgan fingerprint density at radius 2 is 1.74 bits per heavy atom.